The molecule has 154 valence electrons. The summed E-state index contributed by atoms with van der Waals surface area (Å²) in [4.78, 5) is 6.05. The maximum Gasteiger partial charge on any atom is 0.416 e. The van der Waals surface area contributed by atoms with E-state index in [4.69, 9.17) is 0 Å². The van der Waals surface area contributed by atoms with Gasteiger partial charge in [0.25, 0.3) is 0 Å². The molecule has 7 heteroatoms. The molecule has 1 aromatic heterocycles. The SMILES string of the molecule is Fc1ccc2c(c1)[NH+]=C/C2=C(/c1ccc(C(F)(F)F)cc1)c1c[nH]c2cc(F)ccc12. The molecule has 0 spiro atoms. The zero-order valence-corrected chi connectivity index (χ0v) is 15.8. The predicted molar refractivity (Wildman–Crippen MR) is 109 cm³/mol. The van der Waals surface area contributed by atoms with Gasteiger partial charge in [-0.2, -0.15) is 13.2 Å². The fourth-order valence-electron chi connectivity index (χ4n) is 3.89. The van der Waals surface area contributed by atoms with E-state index in [2.05, 4.69) is 9.98 Å². The highest BCUT2D eigenvalue weighted by molar-refractivity contribution is 6.24. The monoisotopic (exact) mass is 425 g/mol. The number of halogens is 5. The first-order valence-corrected chi connectivity index (χ1v) is 9.40. The Kier molecular flexibility index (Phi) is 4.28. The Bertz CT molecular complexity index is 1380. The summed E-state index contributed by atoms with van der Waals surface area (Å²) in [5, 5.41) is 0.716. The minimum Gasteiger partial charge on any atom is -0.360 e. The molecule has 0 saturated carbocycles. The van der Waals surface area contributed by atoms with Gasteiger partial charge in [0, 0.05) is 34.3 Å². The van der Waals surface area contributed by atoms with E-state index in [1.54, 1.807) is 24.5 Å². The highest BCUT2D eigenvalue weighted by Crippen LogP contribution is 2.39. The number of aromatic nitrogens is 1. The molecule has 0 atom stereocenters. The standard InChI is InChI=1S/C24H13F5N2/c25-15-5-7-17-19(11-30-21(17)9-15)23(13-1-3-14(4-2-13)24(27,28)29)20-12-31-22-10-16(26)6-8-18(20)22/h1-12,30H/p+1/b23-20+. The molecule has 1 aliphatic heterocycles. The molecule has 0 fully saturated rings. The number of hydrogen-bond acceptors (Lipinski definition) is 0. The molecule has 0 amide bonds. The van der Waals surface area contributed by atoms with Gasteiger partial charge in [-0.1, -0.05) is 12.1 Å². The second-order valence-electron chi connectivity index (χ2n) is 7.23. The van der Waals surface area contributed by atoms with Gasteiger partial charge in [0.15, 0.2) is 6.21 Å². The number of nitrogens with one attached hydrogen (secondary N) is 2. The van der Waals surface area contributed by atoms with E-state index in [1.165, 1.54) is 36.4 Å². The van der Waals surface area contributed by atoms with E-state index in [-0.39, 0.29) is 0 Å². The van der Waals surface area contributed by atoms with Gasteiger partial charge in [-0.15, -0.1) is 0 Å². The average Bonchev–Trinajstić information content (AvgIpc) is 3.32. The quantitative estimate of drug-likeness (QED) is 0.413. The van der Waals surface area contributed by atoms with Gasteiger partial charge in [0.2, 0.25) is 5.69 Å². The van der Waals surface area contributed by atoms with Crippen LogP contribution < -0.4 is 4.99 Å². The lowest BCUT2D eigenvalue weighted by atomic mass is 9.89. The van der Waals surface area contributed by atoms with Gasteiger partial charge in [0.1, 0.15) is 11.6 Å². The first-order valence-electron chi connectivity index (χ1n) is 9.40. The summed E-state index contributed by atoms with van der Waals surface area (Å²) in [6.07, 6.45) is -1.06. The Labute approximate surface area is 173 Å². The molecule has 2 N–H and O–H groups in total. The van der Waals surface area contributed by atoms with Crippen molar-refractivity contribution in [3.63, 3.8) is 0 Å². The number of rotatable bonds is 2. The summed E-state index contributed by atoms with van der Waals surface area (Å²) in [5.41, 5.74) is 3.66. The zero-order chi connectivity index (χ0) is 21.8. The number of H-pyrrole nitrogens is 1. The Balaban J connectivity index is 1.78. The van der Waals surface area contributed by atoms with Crippen molar-refractivity contribution in [3.05, 3.63) is 101 Å². The smallest absolute Gasteiger partial charge is 0.360 e. The van der Waals surface area contributed by atoms with Crippen LogP contribution in [0.4, 0.5) is 27.6 Å². The maximum absolute atomic E-state index is 13.7. The van der Waals surface area contributed by atoms with Crippen LogP contribution in [0.5, 0.6) is 0 Å². The minimum atomic E-state index is -4.45. The van der Waals surface area contributed by atoms with Crippen LogP contribution in [0.15, 0.2) is 66.9 Å². The van der Waals surface area contributed by atoms with Crippen LogP contribution in [0.2, 0.25) is 0 Å². The summed E-state index contributed by atoms with van der Waals surface area (Å²) in [6, 6.07) is 13.5. The Morgan fingerprint density at radius 3 is 2.29 bits per heavy atom. The van der Waals surface area contributed by atoms with Gasteiger partial charge >= 0.3 is 6.18 Å². The third-order valence-corrected chi connectivity index (χ3v) is 5.33. The van der Waals surface area contributed by atoms with Gasteiger partial charge in [-0.25, -0.2) is 13.8 Å². The fraction of sp³-hybridized carbons (Fsp3) is 0.0417. The molecular weight excluding hydrogens is 411 g/mol. The molecular formula is C24H14F5N2+. The van der Waals surface area contributed by atoms with Crippen molar-refractivity contribution < 1.29 is 26.9 Å². The van der Waals surface area contributed by atoms with Crippen LogP contribution in [-0.4, -0.2) is 11.2 Å². The largest absolute Gasteiger partial charge is 0.416 e. The summed E-state index contributed by atoms with van der Waals surface area (Å²) < 4.78 is 66.6. The second-order valence-corrected chi connectivity index (χ2v) is 7.23. The number of allylic oxidation sites excluding steroid dienone is 1. The van der Waals surface area contributed by atoms with Crippen LogP contribution in [0, 0.1) is 11.6 Å². The van der Waals surface area contributed by atoms with E-state index < -0.39 is 23.4 Å². The van der Waals surface area contributed by atoms with Crippen molar-refractivity contribution in [2.75, 3.05) is 0 Å². The fourth-order valence-corrected chi connectivity index (χ4v) is 3.89. The molecule has 4 aromatic rings. The molecule has 0 saturated heterocycles. The van der Waals surface area contributed by atoms with E-state index in [9.17, 15) is 22.0 Å². The predicted octanol–water partition coefficient (Wildman–Crippen LogP) is 5.22. The van der Waals surface area contributed by atoms with Crippen molar-refractivity contribution in [2.24, 2.45) is 0 Å². The number of benzene rings is 3. The lowest BCUT2D eigenvalue weighted by Crippen LogP contribution is -2.58. The summed E-state index contributed by atoms with van der Waals surface area (Å²) >= 11 is 0. The molecule has 0 bridgehead atoms. The molecule has 0 radical (unpaired) electrons. The number of aromatic amines is 1. The average molecular weight is 425 g/mol. The van der Waals surface area contributed by atoms with Gasteiger partial charge in [-0.05, 0) is 48.0 Å². The zero-order valence-electron chi connectivity index (χ0n) is 15.8. The second kappa shape index (κ2) is 6.91. The van der Waals surface area contributed by atoms with Crippen molar-refractivity contribution in [2.45, 2.75) is 6.18 Å². The van der Waals surface area contributed by atoms with Crippen LogP contribution in [0.1, 0.15) is 22.3 Å². The van der Waals surface area contributed by atoms with Crippen LogP contribution in [-0.2, 0) is 6.18 Å². The lowest BCUT2D eigenvalue weighted by molar-refractivity contribution is -0.343. The van der Waals surface area contributed by atoms with Gasteiger partial charge < -0.3 is 4.98 Å². The highest BCUT2D eigenvalue weighted by Gasteiger charge is 2.31. The first-order chi connectivity index (χ1) is 14.8. The molecule has 2 nitrogen and oxygen atoms in total. The van der Waals surface area contributed by atoms with E-state index in [0.29, 0.717) is 44.4 Å². The molecule has 0 aliphatic carbocycles. The van der Waals surface area contributed by atoms with E-state index in [1.807, 2.05) is 0 Å². The molecule has 2 heterocycles. The molecule has 1 aliphatic rings. The summed E-state index contributed by atoms with van der Waals surface area (Å²) in [6.45, 7) is 0. The van der Waals surface area contributed by atoms with Crippen LogP contribution in [0.3, 0.4) is 0 Å². The van der Waals surface area contributed by atoms with Gasteiger partial charge in [0.05, 0.1) is 16.7 Å². The van der Waals surface area contributed by atoms with Crippen LogP contribution >= 0.6 is 0 Å². The first kappa shape index (κ1) is 19.2. The van der Waals surface area contributed by atoms with Crippen molar-refractivity contribution >= 4 is 34.0 Å². The normalized spacial score (nSPS) is 14.9. The Morgan fingerprint density at radius 2 is 1.55 bits per heavy atom. The number of fused-ring (bicyclic) bond motifs is 2. The number of hydrogen-bond donors (Lipinski definition) is 2. The summed E-state index contributed by atoms with van der Waals surface area (Å²) in [5.74, 6) is -0.806. The topological polar surface area (TPSA) is 29.8 Å². The summed E-state index contributed by atoms with van der Waals surface area (Å²) in [7, 11) is 0. The Morgan fingerprint density at radius 1 is 0.839 bits per heavy atom. The van der Waals surface area contributed by atoms with Crippen molar-refractivity contribution in [1.29, 1.82) is 0 Å². The molecule has 3 aromatic carbocycles. The Hall–Kier alpha value is -3.74. The third kappa shape index (κ3) is 3.32. The van der Waals surface area contributed by atoms with E-state index in [0.717, 1.165) is 12.1 Å². The molecule has 31 heavy (non-hydrogen) atoms. The van der Waals surface area contributed by atoms with Crippen LogP contribution in [0.25, 0.3) is 22.0 Å². The molecule has 0 unspecified atom stereocenters. The third-order valence-electron chi connectivity index (χ3n) is 5.33. The van der Waals surface area contributed by atoms with Crippen molar-refractivity contribution in [1.82, 2.24) is 4.98 Å². The highest BCUT2D eigenvalue weighted by atomic mass is 19.4. The molecule has 5 rings (SSSR count). The van der Waals surface area contributed by atoms with E-state index >= 15 is 0 Å². The maximum atomic E-state index is 13.7. The minimum absolute atomic E-state index is 0.403. The lowest BCUT2D eigenvalue weighted by Gasteiger charge is -2.12. The van der Waals surface area contributed by atoms with Crippen molar-refractivity contribution in [3.8, 4) is 0 Å². The number of alkyl halides is 3. The van der Waals surface area contributed by atoms with Gasteiger partial charge in [-0.3, -0.25) is 0 Å².